The lowest BCUT2D eigenvalue weighted by molar-refractivity contribution is 0.480. The fourth-order valence-corrected chi connectivity index (χ4v) is 17.2. The number of rotatable bonds is 15. The van der Waals surface area contributed by atoms with Crippen LogP contribution in [0.5, 0.6) is 23.0 Å². The van der Waals surface area contributed by atoms with E-state index in [1.54, 1.807) is 0 Å². The molecule has 0 heterocycles. The fourth-order valence-electron chi connectivity index (χ4n) is 17.2. The fraction of sp³-hybridized carbons (Fsp3) is 0.0612. The molecule has 2 unspecified atom stereocenters. The predicted molar refractivity (Wildman–Crippen MR) is 419 cm³/mol. The Labute approximate surface area is 594 Å². The Kier molecular flexibility index (Phi) is 14.0. The van der Waals surface area contributed by atoms with Gasteiger partial charge in [0.15, 0.2) is 0 Å². The first-order valence-electron chi connectivity index (χ1n) is 35.7. The molecule has 0 bridgehead atoms. The molecule has 4 nitrogen and oxygen atoms in total. The summed E-state index contributed by atoms with van der Waals surface area (Å²) in [4.78, 5) is 4.82. The summed E-state index contributed by atoms with van der Waals surface area (Å²) < 4.78 is 13.2. The quantitative estimate of drug-likeness (QED) is 0.102. The molecule has 0 fully saturated rings. The van der Waals surface area contributed by atoms with Crippen molar-refractivity contribution in [2.75, 3.05) is 9.80 Å². The summed E-state index contributed by atoms with van der Waals surface area (Å²) in [5, 5.41) is 4.84. The minimum atomic E-state index is -0.671. The van der Waals surface area contributed by atoms with Gasteiger partial charge in [0, 0.05) is 34.1 Å². The molecule has 2 atom stereocenters. The number of hydrogen-bond donors (Lipinski definition) is 0. The second-order valence-corrected chi connectivity index (χ2v) is 27.7. The molecular weight excluding hydrogens is 1240 g/mol. The molecule has 0 saturated heterocycles. The molecule has 4 heteroatoms. The van der Waals surface area contributed by atoms with E-state index in [1.165, 1.54) is 111 Å². The monoisotopic (exact) mass is 1300 g/mol. The number of ether oxygens (including phenoxy) is 2. The molecular formula is C98H68N2O2. The van der Waals surface area contributed by atoms with Crippen LogP contribution in [-0.2, 0) is 36.5 Å². The van der Waals surface area contributed by atoms with E-state index in [0.717, 1.165) is 93.9 Å². The van der Waals surface area contributed by atoms with Crippen LogP contribution in [0.25, 0.3) is 54.9 Å². The van der Waals surface area contributed by atoms with Crippen molar-refractivity contribution in [2.24, 2.45) is 0 Å². The van der Waals surface area contributed by atoms with Crippen molar-refractivity contribution in [3.63, 3.8) is 0 Å². The Morgan fingerprint density at radius 2 is 0.539 bits per heavy atom. The number of aryl methyl sites for hydroxylation is 4. The van der Waals surface area contributed by atoms with Gasteiger partial charge in [0.05, 0.1) is 10.8 Å². The van der Waals surface area contributed by atoms with E-state index in [1.807, 2.05) is 0 Å². The third kappa shape index (κ3) is 9.65. The van der Waals surface area contributed by atoms with Gasteiger partial charge in [-0.15, -0.1) is 0 Å². The Bertz CT molecular complexity index is 5580. The van der Waals surface area contributed by atoms with Gasteiger partial charge in [0.25, 0.3) is 0 Å². The molecule has 20 rings (SSSR count). The molecule has 0 amide bonds. The number of hydrogen-bond acceptors (Lipinski definition) is 4. The van der Waals surface area contributed by atoms with Gasteiger partial charge >= 0.3 is 0 Å². The van der Waals surface area contributed by atoms with Gasteiger partial charge in [-0.2, -0.15) is 0 Å². The SMILES string of the molecule is c1ccc(N(c2ccc(-c3ccc(N(c4ccccc4)c4ccc5c(c4)C(c4ccc(Oc6ccc7c(c6)CC7)cc4)(c4ccc6ccccc6c4)c4ccccc4-5)cc3)cc2)c2ccc3c(c2)C(c2ccc(Oc4ccc5c(c4)CC5)cc2)(c2ccc4ccccc4c2)c2ccccc2-3)cc1. The van der Waals surface area contributed by atoms with E-state index in [9.17, 15) is 0 Å². The van der Waals surface area contributed by atoms with Crippen LogP contribution in [0.15, 0.2) is 364 Å². The Morgan fingerprint density at radius 3 is 0.941 bits per heavy atom. The molecule has 4 aliphatic rings. The summed E-state index contributed by atoms with van der Waals surface area (Å²) in [6.07, 6.45) is 4.50. The third-order valence-corrected chi connectivity index (χ3v) is 22.3. The number of anilines is 6. The molecule has 0 aliphatic heterocycles. The zero-order chi connectivity index (χ0) is 67.3. The van der Waals surface area contributed by atoms with Gasteiger partial charge in [-0.05, 0) is 281 Å². The smallest absolute Gasteiger partial charge is 0.127 e. The molecule has 0 aromatic heterocycles. The Hall–Kier alpha value is -12.8. The molecule has 16 aromatic carbocycles. The van der Waals surface area contributed by atoms with E-state index >= 15 is 0 Å². The standard InChI is InChI=1S/C98H68N2O2/c1-3-19-79(20-4-1)99(83-49-57-91-89-23-11-13-25-93(89)97(95(91)63-83,77-39-31-65-15-7-9-17-71(65)59-77)75-41-53-85(54-42-75)101-87-51-37-69-27-29-73(69)61-87)81-45-33-67(34-46-81)68-35-47-82(48-36-68)100(80-21-5-2-6-22-80)84-50-58-92-90-24-12-14-26-94(90)98(96(92)64-84,78-40-32-66-16-8-10-18-72(66)60-78)76-43-55-86(56-44-76)102-88-52-38-70-28-30-74(70)62-88/h1-26,31-64H,27-30H2. The molecule has 4 aliphatic carbocycles. The lowest BCUT2D eigenvalue weighted by Gasteiger charge is -2.35. The van der Waals surface area contributed by atoms with Crippen LogP contribution in [0, 0.1) is 0 Å². The van der Waals surface area contributed by atoms with Crippen molar-refractivity contribution in [3.05, 3.63) is 431 Å². The number of nitrogens with zero attached hydrogens (tertiary/aromatic N) is 2. The summed E-state index contributed by atoms with van der Waals surface area (Å²) in [5.41, 5.74) is 27.6. The average Bonchev–Trinajstić information content (AvgIpc) is 1.53. The van der Waals surface area contributed by atoms with E-state index in [0.29, 0.717) is 0 Å². The van der Waals surface area contributed by atoms with Crippen molar-refractivity contribution < 1.29 is 9.47 Å². The van der Waals surface area contributed by atoms with Gasteiger partial charge < -0.3 is 19.3 Å². The highest BCUT2D eigenvalue weighted by Crippen LogP contribution is 2.60. The maximum absolute atomic E-state index is 6.60. The Morgan fingerprint density at radius 1 is 0.206 bits per heavy atom. The lowest BCUT2D eigenvalue weighted by Crippen LogP contribution is -2.28. The van der Waals surface area contributed by atoms with Crippen LogP contribution in [-0.4, -0.2) is 0 Å². The van der Waals surface area contributed by atoms with Crippen LogP contribution >= 0.6 is 0 Å². The van der Waals surface area contributed by atoms with Gasteiger partial charge in [0.2, 0.25) is 0 Å². The maximum Gasteiger partial charge on any atom is 0.127 e. The predicted octanol–water partition coefficient (Wildman–Crippen LogP) is 25.1. The van der Waals surface area contributed by atoms with Gasteiger partial charge in [-0.25, -0.2) is 0 Å². The first-order chi connectivity index (χ1) is 50.5. The topological polar surface area (TPSA) is 24.9 Å². The van der Waals surface area contributed by atoms with E-state index < -0.39 is 10.8 Å². The van der Waals surface area contributed by atoms with Crippen molar-refractivity contribution in [3.8, 4) is 56.4 Å². The second-order valence-electron chi connectivity index (χ2n) is 27.7. The van der Waals surface area contributed by atoms with E-state index in [-0.39, 0.29) is 0 Å². The molecule has 482 valence electrons. The highest BCUT2D eigenvalue weighted by atomic mass is 16.5. The summed E-state index contributed by atoms with van der Waals surface area (Å²) in [7, 11) is 0. The second kappa shape index (κ2) is 24.0. The van der Waals surface area contributed by atoms with Crippen LogP contribution in [0.4, 0.5) is 34.1 Å². The molecule has 0 radical (unpaired) electrons. The molecule has 16 aromatic rings. The molecule has 0 N–H and O–H groups in total. The van der Waals surface area contributed by atoms with Crippen molar-refractivity contribution >= 4 is 55.7 Å². The number of fused-ring (bicyclic) bond motifs is 10. The molecule has 0 spiro atoms. The summed E-state index contributed by atoms with van der Waals surface area (Å²) in [5.74, 6) is 3.39. The minimum Gasteiger partial charge on any atom is -0.457 e. The number of benzene rings is 16. The molecule has 102 heavy (non-hydrogen) atoms. The zero-order valence-electron chi connectivity index (χ0n) is 56.2. The van der Waals surface area contributed by atoms with Crippen molar-refractivity contribution in [1.29, 1.82) is 0 Å². The minimum absolute atomic E-state index is 0.671. The maximum atomic E-state index is 6.60. The largest absolute Gasteiger partial charge is 0.457 e. The lowest BCUT2D eigenvalue weighted by atomic mass is 9.67. The van der Waals surface area contributed by atoms with Crippen molar-refractivity contribution in [1.82, 2.24) is 0 Å². The van der Waals surface area contributed by atoms with Crippen LogP contribution in [0.1, 0.15) is 66.8 Å². The normalized spacial score (nSPS) is 15.6. The summed E-state index contributed by atoms with van der Waals surface area (Å²) in [6, 6.07) is 134. The zero-order valence-corrected chi connectivity index (χ0v) is 56.2. The highest BCUT2D eigenvalue weighted by Gasteiger charge is 2.48. The first kappa shape index (κ1) is 59.3. The summed E-state index contributed by atoms with van der Waals surface area (Å²) in [6.45, 7) is 0. The van der Waals surface area contributed by atoms with Crippen LogP contribution < -0.4 is 19.3 Å². The van der Waals surface area contributed by atoms with E-state index in [4.69, 9.17) is 9.47 Å². The first-order valence-corrected chi connectivity index (χ1v) is 35.7. The summed E-state index contributed by atoms with van der Waals surface area (Å²) >= 11 is 0. The van der Waals surface area contributed by atoms with Crippen molar-refractivity contribution in [2.45, 2.75) is 36.5 Å². The van der Waals surface area contributed by atoms with E-state index in [2.05, 4.69) is 374 Å². The highest BCUT2D eigenvalue weighted by molar-refractivity contribution is 5.94. The van der Waals surface area contributed by atoms with Crippen LogP contribution in [0.2, 0.25) is 0 Å². The Balaban J connectivity index is 0.666. The van der Waals surface area contributed by atoms with Gasteiger partial charge in [-0.3, -0.25) is 0 Å². The van der Waals surface area contributed by atoms with Gasteiger partial charge in [-0.1, -0.05) is 231 Å². The third-order valence-electron chi connectivity index (χ3n) is 22.3. The average molecular weight is 1310 g/mol. The van der Waals surface area contributed by atoms with Crippen LogP contribution in [0.3, 0.4) is 0 Å². The molecule has 0 saturated carbocycles. The number of para-hydroxylation sites is 2. The van der Waals surface area contributed by atoms with Gasteiger partial charge in [0.1, 0.15) is 23.0 Å².